The van der Waals surface area contributed by atoms with Gasteiger partial charge < -0.3 is 0 Å². The number of hydrogen-bond acceptors (Lipinski definition) is 1. The van der Waals surface area contributed by atoms with Crippen molar-refractivity contribution in [2.24, 2.45) is 0 Å². The Morgan fingerprint density at radius 1 is 1.47 bits per heavy atom. The second-order valence-electron chi connectivity index (χ2n) is 3.95. The Balaban J connectivity index is 2.54. The van der Waals surface area contributed by atoms with Crippen molar-refractivity contribution in [3.05, 3.63) is 29.3 Å². The molecular weight excluding hydrogens is 220 g/mol. The molecule has 1 aliphatic heterocycles. The van der Waals surface area contributed by atoms with Crippen LogP contribution in [-0.4, -0.2) is 18.3 Å². The van der Waals surface area contributed by atoms with E-state index in [1.165, 1.54) is 29.1 Å². The molecule has 0 aliphatic carbocycles. The lowest BCUT2D eigenvalue weighted by molar-refractivity contribution is 0.883. The highest BCUT2D eigenvalue weighted by Gasteiger charge is 2.26. The van der Waals surface area contributed by atoms with Gasteiger partial charge in [0.15, 0.2) is 0 Å². The predicted octanol–water partition coefficient (Wildman–Crippen LogP) is 3.69. The summed E-state index contributed by atoms with van der Waals surface area (Å²) in [7, 11) is 1.38. The Bertz CT molecular complexity index is 417. The fourth-order valence-corrected chi connectivity index (χ4v) is 6.29. The van der Waals surface area contributed by atoms with E-state index in [0.717, 1.165) is 5.56 Å². The summed E-state index contributed by atoms with van der Waals surface area (Å²) in [4.78, 5) is 1.54. The van der Waals surface area contributed by atoms with Crippen molar-refractivity contribution >= 4 is 19.9 Å². The van der Waals surface area contributed by atoms with E-state index in [1.807, 2.05) is 10.8 Å². The summed E-state index contributed by atoms with van der Waals surface area (Å²) in [6.07, 6.45) is 12.7. The number of terminal acetylenes is 1. The molecule has 1 unspecified atom stereocenters. The molecule has 0 bridgehead atoms. The van der Waals surface area contributed by atoms with Crippen LogP contribution in [0.3, 0.4) is 0 Å². The minimum absolute atomic E-state index is 0.649. The van der Waals surface area contributed by atoms with Gasteiger partial charge in [-0.05, 0) is 48.8 Å². The first-order chi connectivity index (χ1) is 7.19. The summed E-state index contributed by atoms with van der Waals surface area (Å²) in [6.45, 7) is 0. The lowest BCUT2D eigenvalue weighted by atomic mass is 10.1. The van der Waals surface area contributed by atoms with Crippen LogP contribution in [0.25, 0.3) is 0 Å². The van der Waals surface area contributed by atoms with Crippen LogP contribution in [0.2, 0.25) is 0 Å². The van der Waals surface area contributed by atoms with Gasteiger partial charge in [-0.3, -0.25) is 0 Å². The lowest BCUT2D eigenvalue weighted by Gasteiger charge is -2.39. The Morgan fingerprint density at radius 2 is 2.27 bits per heavy atom. The van der Waals surface area contributed by atoms with E-state index in [2.05, 4.69) is 36.6 Å². The average molecular weight is 236 g/mol. The van der Waals surface area contributed by atoms with Crippen LogP contribution in [0.4, 0.5) is 0 Å². The van der Waals surface area contributed by atoms with Crippen molar-refractivity contribution in [3.8, 4) is 12.3 Å². The third kappa shape index (κ3) is 1.91. The van der Waals surface area contributed by atoms with Gasteiger partial charge in [0.25, 0.3) is 0 Å². The molecule has 1 aliphatic rings. The Hall–Kier alpha value is -0.520. The van der Waals surface area contributed by atoms with Crippen LogP contribution in [0.1, 0.15) is 17.5 Å². The number of hydrogen-bond donors (Lipinski definition) is 0. The van der Waals surface area contributed by atoms with E-state index < -0.39 is 9.06 Å². The quantitative estimate of drug-likeness (QED) is 0.529. The van der Waals surface area contributed by atoms with Gasteiger partial charge in [0, 0.05) is 10.5 Å². The molecule has 0 saturated heterocycles. The van der Waals surface area contributed by atoms with E-state index in [1.54, 1.807) is 0 Å². The van der Waals surface area contributed by atoms with Gasteiger partial charge >= 0.3 is 0 Å². The maximum Gasteiger partial charge on any atom is 0.0253 e. The van der Waals surface area contributed by atoms with Gasteiger partial charge in [0.05, 0.1) is 0 Å². The second kappa shape index (κ2) is 4.15. The number of aryl methyl sites for hydroxylation is 1. The third-order valence-electron chi connectivity index (χ3n) is 3.05. The largest absolute Gasteiger partial charge is 0.169 e. The summed E-state index contributed by atoms with van der Waals surface area (Å²) in [6, 6.07) is 6.54. The highest BCUT2D eigenvalue weighted by Crippen LogP contribution is 2.65. The van der Waals surface area contributed by atoms with Crippen LogP contribution in [0, 0.1) is 12.3 Å². The SMILES string of the molecule is C#Cc1ccc2c(c1)S(C)(SC)CCC2. The number of rotatable bonds is 1. The Morgan fingerprint density at radius 3 is 2.93 bits per heavy atom. The molecule has 1 aromatic rings. The van der Waals surface area contributed by atoms with Crippen molar-refractivity contribution in [1.29, 1.82) is 0 Å². The van der Waals surface area contributed by atoms with E-state index >= 15 is 0 Å². The first-order valence-electron chi connectivity index (χ1n) is 5.11. The van der Waals surface area contributed by atoms with Gasteiger partial charge in [-0.25, -0.2) is 0 Å². The van der Waals surface area contributed by atoms with E-state index in [0.29, 0.717) is 0 Å². The summed E-state index contributed by atoms with van der Waals surface area (Å²) in [5.41, 5.74) is 2.55. The summed E-state index contributed by atoms with van der Waals surface area (Å²) in [5.74, 6) is 4.09. The molecule has 0 amide bonds. The molecule has 1 aromatic carbocycles. The molecule has 0 nitrogen and oxygen atoms in total. The number of benzene rings is 1. The van der Waals surface area contributed by atoms with Gasteiger partial charge in [-0.1, -0.05) is 12.0 Å². The highest BCUT2D eigenvalue weighted by molar-refractivity contribution is 8.93. The predicted molar refractivity (Wildman–Crippen MR) is 72.9 cm³/mol. The summed E-state index contributed by atoms with van der Waals surface area (Å²) < 4.78 is 0. The first-order valence-corrected chi connectivity index (χ1v) is 9.06. The fraction of sp³-hybridized carbons (Fsp3) is 0.385. The fourth-order valence-electron chi connectivity index (χ4n) is 2.07. The molecule has 0 aromatic heterocycles. The van der Waals surface area contributed by atoms with Crippen molar-refractivity contribution in [1.82, 2.24) is 0 Å². The normalized spacial score (nSPS) is 28.6. The zero-order valence-corrected chi connectivity index (χ0v) is 10.9. The van der Waals surface area contributed by atoms with Crippen molar-refractivity contribution in [2.45, 2.75) is 17.7 Å². The smallest absolute Gasteiger partial charge is 0.0253 e. The van der Waals surface area contributed by atoms with Crippen molar-refractivity contribution in [2.75, 3.05) is 18.3 Å². The van der Waals surface area contributed by atoms with Gasteiger partial charge in [0.2, 0.25) is 0 Å². The Labute approximate surface area is 97.6 Å². The van der Waals surface area contributed by atoms with Crippen LogP contribution in [-0.2, 0) is 6.42 Å². The molecule has 15 heavy (non-hydrogen) atoms. The van der Waals surface area contributed by atoms with E-state index in [9.17, 15) is 0 Å². The number of fused-ring (bicyclic) bond motifs is 1. The summed E-state index contributed by atoms with van der Waals surface area (Å²) >= 11 is 0. The molecule has 0 N–H and O–H groups in total. The highest BCUT2D eigenvalue weighted by atomic mass is 33.2. The molecule has 0 saturated carbocycles. The van der Waals surface area contributed by atoms with Gasteiger partial charge in [-0.2, -0.15) is 9.06 Å². The molecule has 0 radical (unpaired) electrons. The lowest BCUT2D eigenvalue weighted by Crippen LogP contribution is -2.10. The molecule has 80 valence electrons. The standard InChI is InChI=1S/C13H16S2/c1-4-11-7-8-12-6-5-9-15(3,14-2)13(12)10-11/h1,7-8,10H,5-6,9H2,2-3H3. The molecule has 2 rings (SSSR count). The topological polar surface area (TPSA) is 0 Å². The van der Waals surface area contributed by atoms with Crippen LogP contribution >= 0.6 is 19.9 Å². The van der Waals surface area contributed by atoms with Crippen LogP contribution < -0.4 is 0 Å². The maximum atomic E-state index is 5.47. The van der Waals surface area contributed by atoms with E-state index in [-0.39, 0.29) is 0 Å². The monoisotopic (exact) mass is 236 g/mol. The third-order valence-corrected chi connectivity index (χ3v) is 9.41. The van der Waals surface area contributed by atoms with Gasteiger partial charge in [0.1, 0.15) is 0 Å². The van der Waals surface area contributed by atoms with E-state index in [4.69, 9.17) is 6.42 Å². The zero-order chi connectivity index (χ0) is 10.9. The minimum atomic E-state index is -0.649. The molecule has 2 heteroatoms. The first kappa shape index (κ1) is 11.0. The van der Waals surface area contributed by atoms with Crippen LogP contribution in [0.5, 0.6) is 0 Å². The second-order valence-corrected chi connectivity index (χ2v) is 10.3. The molecule has 1 heterocycles. The maximum absolute atomic E-state index is 5.47. The van der Waals surface area contributed by atoms with Gasteiger partial charge in [-0.15, -0.1) is 17.2 Å². The summed E-state index contributed by atoms with van der Waals surface area (Å²) in [5, 5.41) is 0. The van der Waals surface area contributed by atoms with Crippen molar-refractivity contribution < 1.29 is 0 Å². The molecule has 0 fully saturated rings. The molecule has 0 spiro atoms. The minimum Gasteiger partial charge on any atom is -0.169 e. The van der Waals surface area contributed by atoms with Crippen LogP contribution in [0.15, 0.2) is 23.1 Å². The average Bonchev–Trinajstić information content (AvgIpc) is 2.29. The molecule has 1 atom stereocenters. The van der Waals surface area contributed by atoms with Crippen molar-refractivity contribution in [3.63, 3.8) is 0 Å². The zero-order valence-electron chi connectivity index (χ0n) is 9.25. The molecular formula is C13H16S2. The Kier molecular flexibility index (Phi) is 3.04.